The number of aryl methyl sites for hydroxylation is 1. The molecule has 14 heavy (non-hydrogen) atoms. The fourth-order valence-electron chi connectivity index (χ4n) is 1.84. The molecular formula is C13H18O. The van der Waals surface area contributed by atoms with Gasteiger partial charge in [0.25, 0.3) is 0 Å². The molecule has 1 aliphatic rings. The molecule has 76 valence electrons. The first-order valence-electron chi connectivity index (χ1n) is 5.44. The molecule has 1 aromatic carbocycles. The van der Waals surface area contributed by atoms with E-state index in [0.29, 0.717) is 0 Å². The molecule has 0 radical (unpaired) electrons. The second-order valence-corrected chi connectivity index (χ2v) is 4.53. The summed E-state index contributed by atoms with van der Waals surface area (Å²) in [6.07, 6.45) is 2.48. The predicted octanol–water partition coefficient (Wildman–Crippen LogP) is 3.31. The van der Waals surface area contributed by atoms with Crippen LogP contribution in [0.5, 0.6) is 0 Å². The maximum Gasteiger partial charge on any atom is 0.0725 e. The molecule has 0 amide bonds. The van der Waals surface area contributed by atoms with E-state index in [9.17, 15) is 0 Å². The summed E-state index contributed by atoms with van der Waals surface area (Å²) < 4.78 is 5.40. The van der Waals surface area contributed by atoms with Crippen molar-refractivity contribution >= 4 is 0 Å². The van der Waals surface area contributed by atoms with Crippen molar-refractivity contribution in [3.63, 3.8) is 0 Å². The quantitative estimate of drug-likeness (QED) is 0.710. The smallest absolute Gasteiger partial charge is 0.0725 e. The van der Waals surface area contributed by atoms with Gasteiger partial charge in [0.15, 0.2) is 0 Å². The Balaban J connectivity index is 2.05. The van der Waals surface area contributed by atoms with Crippen LogP contribution in [0.1, 0.15) is 37.0 Å². The number of fused-ring (bicyclic) bond motifs is 1. The molecule has 0 unspecified atom stereocenters. The molecule has 0 saturated carbocycles. The van der Waals surface area contributed by atoms with Crippen molar-refractivity contribution in [2.24, 2.45) is 5.92 Å². The topological polar surface area (TPSA) is 9.23 Å². The molecular weight excluding hydrogens is 172 g/mol. The average molecular weight is 190 g/mol. The highest BCUT2D eigenvalue weighted by Crippen LogP contribution is 2.21. The van der Waals surface area contributed by atoms with Crippen LogP contribution in [0.15, 0.2) is 18.2 Å². The SMILES string of the molecule is CC(C)CCc1ccc2c(c1)COC2. The van der Waals surface area contributed by atoms with Crippen LogP contribution in [0, 0.1) is 5.92 Å². The molecule has 0 aliphatic carbocycles. The fourth-order valence-corrected chi connectivity index (χ4v) is 1.84. The van der Waals surface area contributed by atoms with Gasteiger partial charge in [0.05, 0.1) is 13.2 Å². The molecule has 1 heterocycles. The molecule has 1 heteroatoms. The Morgan fingerprint density at radius 2 is 2.00 bits per heavy atom. The zero-order valence-electron chi connectivity index (χ0n) is 9.05. The number of hydrogen-bond acceptors (Lipinski definition) is 1. The Morgan fingerprint density at radius 1 is 1.21 bits per heavy atom. The minimum Gasteiger partial charge on any atom is -0.372 e. The van der Waals surface area contributed by atoms with E-state index >= 15 is 0 Å². The van der Waals surface area contributed by atoms with Gasteiger partial charge in [-0.25, -0.2) is 0 Å². The lowest BCUT2D eigenvalue weighted by atomic mass is 9.99. The van der Waals surface area contributed by atoms with Gasteiger partial charge in [-0.3, -0.25) is 0 Å². The zero-order chi connectivity index (χ0) is 9.97. The molecule has 0 atom stereocenters. The highest BCUT2D eigenvalue weighted by atomic mass is 16.5. The zero-order valence-corrected chi connectivity index (χ0v) is 9.05. The Bertz CT molecular complexity index is 315. The number of ether oxygens (including phenoxy) is 1. The van der Waals surface area contributed by atoms with E-state index < -0.39 is 0 Å². The van der Waals surface area contributed by atoms with E-state index in [4.69, 9.17) is 4.74 Å². The van der Waals surface area contributed by atoms with Crippen molar-refractivity contribution in [2.45, 2.75) is 39.9 Å². The van der Waals surface area contributed by atoms with Crippen LogP contribution >= 0.6 is 0 Å². The minimum atomic E-state index is 0.791. The summed E-state index contributed by atoms with van der Waals surface area (Å²) in [7, 11) is 0. The summed E-state index contributed by atoms with van der Waals surface area (Å²) in [6.45, 7) is 6.16. The summed E-state index contributed by atoms with van der Waals surface area (Å²) >= 11 is 0. The first-order chi connectivity index (χ1) is 6.75. The van der Waals surface area contributed by atoms with Crippen molar-refractivity contribution in [2.75, 3.05) is 0 Å². The normalized spacial score (nSPS) is 14.8. The van der Waals surface area contributed by atoms with Crippen LogP contribution < -0.4 is 0 Å². The Labute approximate surface area is 86.1 Å². The van der Waals surface area contributed by atoms with Crippen molar-refractivity contribution in [1.29, 1.82) is 0 Å². The Kier molecular flexibility index (Phi) is 2.87. The molecule has 0 spiro atoms. The Hall–Kier alpha value is -0.820. The second kappa shape index (κ2) is 4.14. The maximum atomic E-state index is 5.40. The standard InChI is InChI=1S/C13H18O/c1-10(2)3-4-11-5-6-12-8-14-9-13(12)7-11/h5-7,10H,3-4,8-9H2,1-2H3. The third-order valence-electron chi connectivity index (χ3n) is 2.80. The first-order valence-corrected chi connectivity index (χ1v) is 5.44. The van der Waals surface area contributed by atoms with Crippen LogP contribution in [0.2, 0.25) is 0 Å². The largest absolute Gasteiger partial charge is 0.372 e. The molecule has 0 aromatic heterocycles. The van der Waals surface area contributed by atoms with E-state index in [1.54, 1.807) is 0 Å². The number of rotatable bonds is 3. The van der Waals surface area contributed by atoms with Crippen LogP contribution in [0.3, 0.4) is 0 Å². The van der Waals surface area contributed by atoms with E-state index in [2.05, 4.69) is 32.0 Å². The molecule has 0 fully saturated rings. The van der Waals surface area contributed by atoms with Gasteiger partial charge >= 0.3 is 0 Å². The van der Waals surface area contributed by atoms with Gasteiger partial charge in [-0.2, -0.15) is 0 Å². The molecule has 0 saturated heterocycles. The van der Waals surface area contributed by atoms with Crippen molar-refractivity contribution < 1.29 is 4.74 Å². The molecule has 1 nitrogen and oxygen atoms in total. The van der Waals surface area contributed by atoms with Gasteiger partial charge in [0.2, 0.25) is 0 Å². The molecule has 0 N–H and O–H groups in total. The van der Waals surface area contributed by atoms with Gasteiger partial charge in [0.1, 0.15) is 0 Å². The third kappa shape index (κ3) is 2.16. The molecule has 0 bridgehead atoms. The van der Waals surface area contributed by atoms with Gasteiger partial charge in [-0.05, 0) is 35.4 Å². The number of benzene rings is 1. The van der Waals surface area contributed by atoms with Crippen LogP contribution in [0.25, 0.3) is 0 Å². The summed E-state index contributed by atoms with van der Waals surface area (Å²) in [4.78, 5) is 0. The van der Waals surface area contributed by atoms with E-state index in [-0.39, 0.29) is 0 Å². The van der Waals surface area contributed by atoms with Crippen LogP contribution in [0.4, 0.5) is 0 Å². The fraction of sp³-hybridized carbons (Fsp3) is 0.538. The van der Waals surface area contributed by atoms with Crippen LogP contribution in [-0.2, 0) is 24.4 Å². The maximum absolute atomic E-state index is 5.40. The van der Waals surface area contributed by atoms with Crippen LogP contribution in [-0.4, -0.2) is 0 Å². The lowest BCUT2D eigenvalue weighted by Crippen LogP contribution is -1.93. The monoisotopic (exact) mass is 190 g/mol. The van der Waals surface area contributed by atoms with E-state index in [1.165, 1.54) is 29.5 Å². The second-order valence-electron chi connectivity index (χ2n) is 4.53. The van der Waals surface area contributed by atoms with Crippen molar-refractivity contribution in [1.82, 2.24) is 0 Å². The van der Waals surface area contributed by atoms with Gasteiger partial charge in [-0.15, -0.1) is 0 Å². The Morgan fingerprint density at radius 3 is 2.79 bits per heavy atom. The number of hydrogen-bond donors (Lipinski definition) is 0. The lowest BCUT2D eigenvalue weighted by molar-refractivity contribution is 0.134. The summed E-state index contributed by atoms with van der Waals surface area (Å²) in [6, 6.07) is 6.78. The van der Waals surface area contributed by atoms with Crippen molar-refractivity contribution in [3.05, 3.63) is 34.9 Å². The predicted molar refractivity (Wildman–Crippen MR) is 58.1 cm³/mol. The average Bonchev–Trinajstić information content (AvgIpc) is 2.61. The third-order valence-corrected chi connectivity index (χ3v) is 2.80. The minimum absolute atomic E-state index is 0.791. The highest BCUT2D eigenvalue weighted by molar-refractivity contribution is 5.33. The van der Waals surface area contributed by atoms with Gasteiger partial charge < -0.3 is 4.74 Å². The van der Waals surface area contributed by atoms with E-state index in [1.807, 2.05) is 0 Å². The summed E-state index contributed by atoms with van der Waals surface area (Å²) in [5.41, 5.74) is 4.23. The van der Waals surface area contributed by atoms with Gasteiger partial charge in [-0.1, -0.05) is 32.0 Å². The molecule has 1 aromatic rings. The lowest BCUT2D eigenvalue weighted by Gasteiger charge is -2.06. The van der Waals surface area contributed by atoms with Crippen molar-refractivity contribution in [3.8, 4) is 0 Å². The highest BCUT2D eigenvalue weighted by Gasteiger charge is 2.10. The van der Waals surface area contributed by atoms with Gasteiger partial charge in [0, 0.05) is 0 Å². The van der Waals surface area contributed by atoms with E-state index in [0.717, 1.165) is 19.1 Å². The first kappa shape index (κ1) is 9.72. The molecule has 1 aliphatic heterocycles. The summed E-state index contributed by atoms with van der Waals surface area (Å²) in [5.74, 6) is 0.791. The molecule has 2 rings (SSSR count). The summed E-state index contributed by atoms with van der Waals surface area (Å²) in [5, 5.41) is 0.